The first-order chi connectivity index (χ1) is 4.77. The third-order valence-electron chi connectivity index (χ3n) is 3.21. The van der Waals surface area contributed by atoms with Gasteiger partial charge < -0.3 is 4.90 Å². The van der Waals surface area contributed by atoms with Crippen LogP contribution in [0.2, 0.25) is 0 Å². The molecule has 1 nitrogen and oxygen atoms in total. The third-order valence-corrected chi connectivity index (χ3v) is 3.21. The van der Waals surface area contributed by atoms with Crippen molar-refractivity contribution < 1.29 is 0 Å². The van der Waals surface area contributed by atoms with Crippen LogP contribution in [0.1, 0.15) is 12.8 Å². The quantitative estimate of drug-likeness (QED) is 0.489. The van der Waals surface area contributed by atoms with Crippen LogP contribution in [0, 0.1) is 24.7 Å². The number of fused-ring (bicyclic) bond motifs is 2. The van der Waals surface area contributed by atoms with Crippen LogP contribution < -0.4 is 0 Å². The van der Waals surface area contributed by atoms with Crippen molar-refractivity contribution in [1.29, 1.82) is 0 Å². The molecule has 0 N–H and O–H groups in total. The molecular formula is C9H16N. The summed E-state index contributed by atoms with van der Waals surface area (Å²) < 4.78 is 0. The fraction of sp³-hybridized carbons (Fsp3) is 0.889. The summed E-state index contributed by atoms with van der Waals surface area (Å²) in [7, 11) is 2.23. The Hall–Kier alpha value is -0.0400. The summed E-state index contributed by atoms with van der Waals surface area (Å²) in [5.41, 5.74) is 0. The van der Waals surface area contributed by atoms with Gasteiger partial charge >= 0.3 is 0 Å². The van der Waals surface area contributed by atoms with Gasteiger partial charge in [0.2, 0.25) is 0 Å². The number of rotatable bonds is 0. The largest absolute Gasteiger partial charge is 0.306 e. The molecule has 1 saturated heterocycles. The van der Waals surface area contributed by atoms with E-state index in [9.17, 15) is 0 Å². The molecule has 0 aromatic heterocycles. The van der Waals surface area contributed by atoms with E-state index in [1.54, 1.807) is 0 Å². The molecule has 57 valence electrons. The van der Waals surface area contributed by atoms with E-state index in [0.29, 0.717) is 0 Å². The zero-order valence-corrected chi connectivity index (χ0v) is 6.71. The highest BCUT2D eigenvalue weighted by molar-refractivity contribution is 4.92. The Bertz CT molecular complexity index is 119. The van der Waals surface area contributed by atoms with Crippen molar-refractivity contribution in [3.8, 4) is 0 Å². The average molecular weight is 138 g/mol. The van der Waals surface area contributed by atoms with E-state index in [0.717, 1.165) is 17.8 Å². The van der Waals surface area contributed by atoms with E-state index in [1.807, 2.05) is 0 Å². The van der Waals surface area contributed by atoms with E-state index < -0.39 is 0 Å². The van der Waals surface area contributed by atoms with Gasteiger partial charge in [0.15, 0.2) is 0 Å². The second kappa shape index (κ2) is 2.23. The minimum atomic E-state index is 0.774. The number of piperidine rings is 1. The summed E-state index contributed by atoms with van der Waals surface area (Å²) in [5, 5.41) is 0. The van der Waals surface area contributed by atoms with Gasteiger partial charge in [-0.15, -0.1) is 0 Å². The smallest absolute Gasteiger partial charge is 0.000949 e. The van der Waals surface area contributed by atoms with Crippen LogP contribution in [-0.4, -0.2) is 25.0 Å². The van der Waals surface area contributed by atoms with Crippen LogP contribution in [-0.2, 0) is 0 Å². The molecule has 2 unspecified atom stereocenters. The SMILES string of the molecule is [CH2]C1C2CCC1CN(C)C2. The Kier molecular flexibility index (Phi) is 1.48. The lowest BCUT2D eigenvalue weighted by molar-refractivity contribution is 0.159. The lowest BCUT2D eigenvalue weighted by Crippen LogP contribution is -2.38. The molecular weight excluding hydrogens is 122 g/mol. The average Bonchev–Trinajstić information content (AvgIpc) is 2.20. The standard InChI is InChI=1S/C9H16N/c1-7-8-3-4-9(7)6-10(2)5-8/h7-9H,1,3-6H2,2H3. The topological polar surface area (TPSA) is 3.24 Å². The van der Waals surface area contributed by atoms with Gasteiger partial charge in [-0.25, -0.2) is 0 Å². The molecule has 0 aromatic rings. The summed E-state index contributed by atoms with van der Waals surface area (Å²) in [6.07, 6.45) is 2.87. The van der Waals surface area contributed by atoms with E-state index in [2.05, 4.69) is 18.9 Å². The molecule has 2 atom stereocenters. The normalized spacial score (nSPS) is 48.0. The van der Waals surface area contributed by atoms with Crippen molar-refractivity contribution in [2.75, 3.05) is 20.1 Å². The van der Waals surface area contributed by atoms with Crippen LogP contribution in [0.3, 0.4) is 0 Å². The molecule has 1 saturated carbocycles. The molecule has 1 heterocycles. The first-order valence-corrected chi connectivity index (χ1v) is 4.29. The molecule has 1 radical (unpaired) electrons. The number of hydrogen-bond donors (Lipinski definition) is 0. The third kappa shape index (κ3) is 0.878. The van der Waals surface area contributed by atoms with E-state index in [4.69, 9.17) is 0 Å². The summed E-state index contributed by atoms with van der Waals surface area (Å²) in [6, 6.07) is 0. The van der Waals surface area contributed by atoms with Gasteiger partial charge in [0.25, 0.3) is 0 Å². The van der Waals surface area contributed by atoms with Crippen LogP contribution >= 0.6 is 0 Å². The molecule has 1 heteroatoms. The Balaban J connectivity index is 2.09. The zero-order chi connectivity index (χ0) is 7.14. The highest BCUT2D eigenvalue weighted by Gasteiger charge is 2.37. The van der Waals surface area contributed by atoms with Gasteiger partial charge in [-0.1, -0.05) is 0 Å². The fourth-order valence-corrected chi connectivity index (χ4v) is 2.57. The van der Waals surface area contributed by atoms with E-state index >= 15 is 0 Å². The van der Waals surface area contributed by atoms with Crippen LogP contribution in [0.5, 0.6) is 0 Å². The van der Waals surface area contributed by atoms with Crippen molar-refractivity contribution in [2.45, 2.75) is 12.8 Å². The van der Waals surface area contributed by atoms with Crippen LogP contribution in [0.25, 0.3) is 0 Å². The van der Waals surface area contributed by atoms with Gasteiger partial charge in [-0.3, -0.25) is 0 Å². The first kappa shape index (κ1) is 6.66. The van der Waals surface area contributed by atoms with Gasteiger partial charge in [-0.05, 0) is 44.6 Å². The molecule has 2 aliphatic rings. The second-order valence-electron chi connectivity index (χ2n) is 3.98. The number of nitrogens with zero attached hydrogens (tertiary/aromatic N) is 1. The van der Waals surface area contributed by atoms with Crippen molar-refractivity contribution >= 4 is 0 Å². The summed E-state index contributed by atoms with van der Waals surface area (Å²) in [6.45, 7) is 6.82. The predicted molar refractivity (Wildman–Crippen MR) is 42.6 cm³/mol. The maximum atomic E-state index is 4.23. The van der Waals surface area contributed by atoms with Crippen LogP contribution in [0.4, 0.5) is 0 Å². The van der Waals surface area contributed by atoms with Crippen molar-refractivity contribution in [2.24, 2.45) is 17.8 Å². The molecule has 1 aliphatic heterocycles. The zero-order valence-electron chi connectivity index (χ0n) is 6.71. The maximum Gasteiger partial charge on any atom is 0.000949 e. The van der Waals surface area contributed by atoms with E-state index in [-0.39, 0.29) is 0 Å². The highest BCUT2D eigenvalue weighted by Crippen LogP contribution is 2.40. The second-order valence-corrected chi connectivity index (χ2v) is 3.98. The minimum Gasteiger partial charge on any atom is -0.306 e. The van der Waals surface area contributed by atoms with Crippen molar-refractivity contribution in [3.63, 3.8) is 0 Å². The highest BCUT2D eigenvalue weighted by atomic mass is 15.1. The lowest BCUT2D eigenvalue weighted by Gasteiger charge is -2.33. The Labute approximate surface area is 63.4 Å². The summed E-state index contributed by atoms with van der Waals surface area (Å²) >= 11 is 0. The number of hydrogen-bond acceptors (Lipinski definition) is 1. The first-order valence-electron chi connectivity index (χ1n) is 4.29. The minimum absolute atomic E-state index is 0.774. The fourth-order valence-electron chi connectivity index (χ4n) is 2.57. The Morgan fingerprint density at radius 1 is 1.20 bits per heavy atom. The Morgan fingerprint density at radius 3 is 2.20 bits per heavy atom. The molecule has 10 heavy (non-hydrogen) atoms. The number of likely N-dealkylation sites (tertiary alicyclic amines) is 1. The van der Waals surface area contributed by atoms with Gasteiger partial charge in [-0.2, -0.15) is 0 Å². The molecule has 0 aromatic carbocycles. The van der Waals surface area contributed by atoms with Crippen LogP contribution in [0.15, 0.2) is 0 Å². The molecule has 0 amide bonds. The van der Waals surface area contributed by atoms with Crippen molar-refractivity contribution in [3.05, 3.63) is 6.92 Å². The van der Waals surface area contributed by atoms with E-state index in [1.165, 1.54) is 25.9 Å². The molecule has 0 spiro atoms. The van der Waals surface area contributed by atoms with Gasteiger partial charge in [0.1, 0.15) is 0 Å². The summed E-state index contributed by atoms with van der Waals surface area (Å²) in [4.78, 5) is 2.46. The molecule has 2 rings (SSSR count). The molecule has 2 fully saturated rings. The predicted octanol–water partition coefficient (Wildman–Crippen LogP) is 1.41. The maximum absolute atomic E-state index is 4.23. The monoisotopic (exact) mass is 138 g/mol. The Morgan fingerprint density at radius 2 is 1.70 bits per heavy atom. The van der Waals surface area contributed by atoms with Gasteiger partial charge in [0, 0.05) is 13.1 Å². The summed E-state index contributed by atoms with van der Waals surface area (Å²) in [5.74, 6) is 2.61. The van der Waals surface area contributed by atoms with Crippen molar-refractivity contribution in [1.82, 2.24) is 4.90 Å². The molecule has 1 aliphatic carbocycles. The van der Waals surface area contributed by atoms with Gasteiger partial charge in [0.05, 0.1) is 0 Å². The lowest BCUT2D eigenvalue weighted by atomic mass is 9.87. The molecule has 2 bridgehead atoms.